The molecule has 4 aliphatic rings. The molecule has 0 atom stereocenters. The highest BCUT2D eigenvalue weighted by Crippen LogP contribution is 2.63. The quantitative estimate of drug-likeness (QED) is 0.205. The van der Waals surface area contributed by atoms with Crippen molar-refractivity contribution in [3.05, 3.63) is 155 Å². The molecule has 2 aliphatic carbocycles. The standard InChI is InChI=1S/C41H28N4O2/c1-3-7-33-29(5-1)30-6-2-4-8-34(30)41(33)35-21-25(37-15-11-27(23-44-37)39-42-17-19-46-39)9-13-31(35)32-14-10-26(22-36(32)41)38-16-12-28(24-45-38)40-43-18-20-47-40/h1-16,21-24H,17-20H2. The third-order valence-electron chi connectivity index (χ3n) is 9.87. The summed E-state index contributed by atoms with van der Waals surface area (Å²) in [7, 11) is 0. The van der Waals surface area contributed by atoms with Gasteiger partial charge < -0.3 is 9.47 Å². The fourth-order valence-electron chi connectivity index (χ4n) is 7.86. The molecule has 4 aromatic carbocycles. The van der Waals surface area contributed by atoms with Gasteiger partial charge in [0.25, 0.3) is 0 Å². The van der Waals surface area contributed by atoms with Crippen LogP contribution in [0.5, 0.6) is 0 Å². The first kappa shape index (κ1) is 26.3. The lowest BCUT2D eigenvalue weighted by Crippen LogP contribution is -2.26. The molecule has 2 aliphatic heterocycles. The monoisotopic (exact) mass is 608 g/mol. The molecule has 0 bridgehead atoms. The Morgan fingerprint density at radius 1 is 0.447 bits per heavy atom. The van der Waals surface area contributed by atoms with E-state index < -0.39 is 5.41 Å². The Bertz CT molecular complexity index is 2140. The lowest BCUT2D eigenvalue weighted by Gasteiger charge is -2.31. The maximum absolute atomic E-state index is 5.68. The number of pyridine rings is 2. The summed E-state index contributed by atoms with van der Waals surface area (Å²) < 4.78 is 11.4. The van der Waals surface area contributed by atoms with Gasteiger partial charge in [-0.1, -0.05) is 72.8 Å². The van der Waals surface area contributed by atoms with Crippen molar-refractivity contribution in [2.24, 2.45) is 9.98 Å². The molecule has 10 rings (SSSR count). The second kappa shape index (κ2) is 10.1. The highest BCUT2D eigenvalue weighted by molar-refractivity contribution is 5.98. The first-order valence-electron chi connectivity index (χ1n) is 16.1. The Balaban J connectivity index is 1.17. The number of nitrogens with zero attached hydrogens (tertiary/aromatic N) is 4. The van der Waals surface area contributed by atoms with E-state index >= 15 is 0 Å². The van der Waals surface area contributed by atoms with Crippen LogP contribution in [0.1, 0.15) is 33.4 Å². The van der Waals surface area contributed by atoms with Crippen molar-refractivity contribution in [1.29, 1.82) is 0 Å². The molecule has 0 saturated carbocycles. The second-order valence-corrected chi connectivity index (χ2v) is 12.3. The molecule has 0 N–H and O–H groups in total. The predicted octanol–water partition coefficient (Wildman–Crippen LogP) is 7.71. The van der Waals surface area contributed by atoms with Gasteiger partial charge >= 0.3 is 0 Å². The Morgan fingerprint density at radius 2 is 0.894 bits per heavy atom. The van der Waals surface area contributed by atoms with Crippen molar-refractivity contribution in [1.82, 2.24) is 9.97 Å². The van der Waals surface area contributed by atoms with E-state index in [4.69, 9.17) is 19.4 Å². The SMILES string of the molecule is c1ccc2c(c1)-c1ccccc1C21c2cc(-c3ccc(C4=NCCO4)cn3)ccc2-c2ccc(-c3ccc(C4=NCCO4)cn3)cc21. The first-order valence-corrected chi connectivity index (χ1v) is 16.1. The van der Waals surface area contributed by atoms with Crippen LogP contribution < -0.4 is 0 Å². The van der Waals surface area contributed by atoms with Crippen LogP contribution in [0.2, 0.25) is 0 Å². The third-order valence-corrected chi connectivity index (χ3v) is 9.87. The summed E-state index contributed by atoms with van der Waals surface area (Å²) in [6.45, 7) is 2.64. The zero-order valence-corrected chi connectivity index (χ0v) is 25.5. The first-order chi connectivity index (χ1) is 23.3. The van der Waals surface area contributed by atoms with Crippen LogP contribution in [0.3, 0.4) is 0 Å². The second-order valence-electron chi connectivity index (χ2n) is 12.3. The van der Waals surface area contributed by atoms with Gasteiger partial charge in [0, 0.05) is 23.5 Å². The highest BCUT2D eigenvalue weighted by Gasteiger charge is 2.51. The van der Waals surface area contributed by atoms with E-state index in [0.717, 1.165) is 33.6 Å². The van der Waals surface area contributed by atoms with Gasteiger partial charge in [-0.3, -0.25) is 9.97 Å². The van der Waals surface area contributed by atoms with Gasteiger partial charge in [-0.25, -0.2) is 9.98 Å². The van der Waals surface area contributed by atoms with Crippen LogP contribution >= 0.6 is 0 Å². The van der Waals surface area contributed by atoms with Gasteiger partial charge in [0.15, 0.2) is 0 Å². The van der Waals surface area contributed by atoms with Gasteiger partial charge in [-0.2, -0.15) is 0 Å². The summed E-state index contributed by atoms with van der Waals surface area (Å²) in [6.07, 6.45) is 3.74. The molecule has 224 valence electrons. The predicted molar refractivity (Wildman–Crippen MR) is 184 cm³/mol. The van der Waals surface area contributed by atoms with Crippen molar-refractivity contribution in [3.8, 4) is 44.8 Å². The molecule has 4 heterocycles. The minimum Gasteiger partial charge on any atom is -0.475 e. The molecule has 2 aromatic heterocycles. The summed E-state index contributed by atoms with van der Waals surface area (Å²) in [5.41, 5.74) is 15.5. The maximum atomic E-state index is 5.68. The van der Waals surface area contributed by atoms with E-state index in [9.17, 15) is 0 Å². The lowest BCUT2D eigenvalue weighted by atomic mass is 9.70. The normalized spacial score (nSPS) is 16.1. The number of fused-ring (bicyclic) bond motifs is 10. The molecular weight excluding hydrogens is 580 g/mol. The number of ether oxygens (including phenoxy) is 2. The van der Waals surface area contributed by atoms with Crippen LogP contribution in [-0.4, -0.2) is 48.1 Å². The third kappa shape index (κ3) is 3.78. The van der Waals surface area contributed by atoms with E-state index in [2.05, 4.69) is 119 Å². The number of hydrogen-bond acceptors (Lipinski definition) is 6. The minimum absolute atomic E-state index is 0.484. The van der Waals surface area contributed by atoms with Crippen LogP contribution in [0.4, 0.5) is 0 Å². The van der Waals surface area contributed by atoms with Gasteiger partial charge in [0.1, 0.15) is 13.2 Å². The lowest BCUT2D eigenvalue weighted by molar-refractivity contribution is 0.348. The molecule has 6 heteroatoms. The molecule has 6 aromatic rings. The summed E-state index contributed by atoms with van der Waals surface area (Å²) in [4.78, 5) is 18.7. The van der Waals surface area contributed by atoms with Crippen LogP contribution in [0, 0.1) is 0 Å². The molecular formula is C41H28N4O2. The van der Waals surface area contributed by atoms with Crippen molar-refractivity contribution in [3.63, 3.8) is 0 Å². The van der Waals surface area contributed by atoms with Gasteiger partial charge in [0.05, 0.1) is 41.0 Å². The van der Waals surface area contributed by atoms with E-state index in [1.54, 1.807) is 0 Å². The Labute approximate surface area is 272 Å². The number of rotatable bonds is 4. The fourth-order valence-corrected chi connectivity index (χ4v) is 7.86. The Morgan fingerprint density at radius 3 is 1.32 bits per heavy atom. The zero-order valence-electron chi connectivity index (χ0n) is 25.5. The summed E-state index contributed by atoms with van der Waals surface area (Å²) in [5, 5.41) is 0. The van der Waals surface area contributed by atoms with E-state index in [1.165, 1.54) is 44.5 Å². The number of aliphatic imine (C=N–C) groups is 2. The zero-order chi connectivity index (χ0) is 31.0. The molecule has 0 amide bonds. The van der Waals surface area contributed by atoms with Crippen molar-refractivity contribution in [2.75, 3.05) is 26.3 Å². The van der Waals surface area contributed by atoms with E-state index in [0.29, 0.717) is 38.1 Å². The van der Waals surface area contributed by atoms with Crippen LogP contribution in [0.25, 0.3) is 44.8 Å². The molecule has 0 radical (unpaired) electrons. The summed E-state index contributed by atoms with van der Waals surface area (Å²) in [6, 6.07) is 39.7. The molecule has 47 heavy (non-hydrogen) atoms. The fraction of sp³-hybridized carbons (Fsp3) is 0.122. The van der Waals surface area contributed by atoms with Crippen molar-refractivity contribution >= 4 is 11.8 Å². The highest BCUT2D eigenvalue weighted by atomic mass is 16.5. The van der Waals surface area contributed by atoms with Crippen LogP contribution in [0.15, 0.2) is 132 Å². The maximum Gasteiger partial charge on any atom is 0.217 e. The smallest absolute Gasteiger partial charge is 0.217 e. The summed E-state index contributed by atoms with van der Waals surface area (Å²) >= 11 is 0. The largest absolute Gasteiger partial charge is 0.475 e. The molecule has 0 saturated heterocycles. The van der Waals surface area contributed by atoms with Gasteiger partial charge in [-0.15, -0.1) is 0 Å². The average Bonchev–Trinajstić information content (AvgIpc) is 3.96. The Kier molecular flexibility index (Phi) is 5.64. The number of hydrogen-bond donors (Lipinski definition) is 0. The molecule has 0 unspecified atom stereocenters. The average molecular weight is 609 g/mol. The van der Waals surface area contributed by atoms with Gasteiger partial charge in [-0.05, 0) is 80.9 Å². The van der Waals surface area contributed by atoms with E-state index in [-0.39, 0.29) is 0 Å². The van der Waals surface area contributed by atoms with E-state index in [1.807, 2.05) is 12.4 Å². The van der Waals surface area contributed by atoms with Crippen molar-refractivity contribution < 1.29 is 9.47 Å². The van der Waals surface area contributed by atoms with Crippen LogP contribution in [-0.2, 0) is 14.9 Å². The number of aromatic nitrogens is 2. The molecule has 0 fully saturated rings. The van der Waals surface area contributed by atoms with Gasteiger partial charge in [0.2, 0.25) is 11.8 Å². The van der Waals surface area contributed by atoms with Crippen molar-refractivity contribution in [2.45, 2.75) is 5.41 Å². The topological polar surface area (TPSA) is 69.0 Å². The number of benzene rings is 4. The summed E-state index contributed by atoms with van der Waals surface area (Å²) in [5.74, 6) is 1.35. The minimum atomic E-state index is -0.484. The molecule has 1 spiro atoms. The molecule has 6 nitrogen and oxygen atoms in total. The Hall–Kier alpha value is -5.88.